The number of carbonyl (C=O) groups excluding carboxylic acids is 2. The molecule has 1 N–H and O–H groups in total. The van der Waals surface area contributed by atoms with Crippen molar-refractivity contribution in [1.29, 1.82) is 0 Å². The van der Waals surface area contributed by atoms with Crippen molar-refractivity contribution in [3.63, 3.8) is 0 Å². The lowest BCUT2D eigenvalue weighted by Crippen LogP contribution is -2.09. The van der Waals surface area contributed by atoms with E-state index < -0.39 is 5.97 Å². The SMILES string of the molecule is CC(=O)Nc1ccc(OC(=O)CCc2ncc(-c3ccc(F)cc3)o2)cc1. The Labute approximate surface area is 155 Å². The monoisotopic (exact) mass is 368 g/mol. The second kappa shape index (κ2) is 8.27. The zero-order valence-electron chi connectivity index (χ0n) is 14.6. The van der Waals surface area contributed by atoms with Crippen LogP contribution in [-0.4, -0.2) is 16.9 Å². The number of esters is 1. The number of amides is 1. The summed E-state index contributed by atoms with van der Waals surface area (Å²) in [5, 5.41) is 2.63. The Kier molecular flexibility index (Phi) is 5.61. The van der Waals surface area contributed by atoms with E-state index in [9.17, 15) is 14.0 Å². The minimum atomic E-state index is -0.427. The number of rotatable bonds is 6. The van der Waals surface area contributed by atoms with E-state index in [4.69, 9.17) is 9.15 Å². The third-order valence-electron chi connectivity index (χ3n) is 3.63. The Morgan fingerprint density at radius 1 is 1.11 bits per heavy atom. The van der Waals surface area contributed by atoms with Gasteiger partial charge in [0, 0.05) is 24.6 Å². The highest BCUT2D eigenvalue weighted by Gasteiger charge is 2.11. The van der Waals surface area contributed by atoms with Crippen molar-refractivity contribution < 1.29 is 23.1 Å². The molecule has 1 aromatic heterocycles. The molecule has 0 aliphatic heterocycles. The average Bonchev–Trinajstić information content (AvgIpc) is 3.11. The normalized spacial score (nSPS) is 10.4. The van der Waals surface area contributed by atoms with Gasteiger partial charge in [0.05, 0.1) is 12.6 Å². The van der Waals surface area contributed by atoms with Gasteiger partial charge in [-0.2, -0.15) is 0 Å². The molecule has 0 spiro atoms. The predicted molar refractivity (Wildman–Crippen MR) is 96.6 cm³/mol. The number of aromatic nitrogens is 1. The first-order valence-corrected chi connectivity index (χ1v) is 8.28. The number of anilines is 1. The van der Waals surface area contributed by atoms with Crippen molar-refractivity contribution in [2.24, 2.45) is 0 Å². The molecule has 0 aliphatic rings. The number of carbonyl (C=O) groups is 2. The van der Waals surface area contributed by atoms with Crippen LogP contribution in [0.3, 0.4) is 0 Å². The molecule has 0 aliphatic carbocycles. The number of nitrogens with zero attached hydrogens (tertiary/aromatic N) is 1. The molecular weight excluding hydrogens is 351 g/mol. The molecule has 7 heteroatoms. The van der Waals surface area contributed by atoms with Crippen LogP contribution < -0.4 is 10.1 Å². The molecule has 0 bridgehead atoms. The van der Waals surface area contributed by atoms with Gasteiger partial charge in [0.1, 0.15) is 11.6 Å². The Morgan fingerprint density at radius 2 is 1.81 bits per heavy atom. The first kappa shape index (κ1) is 18.3. The molecule has 0 atom stereocenters. The number of hydrogen-bond donors (Lipinski definition) is 1. The zero-order valence-corrected chi connectivity index (χ0v) is 14.6. The van der Waals surface area contributed by atoms with Crippen molar-refractivity contribution in [1.82, 2.24) is 4.98 Å². The lowest BCUT2D eigenvalue weighted by atomic mass is 10.2. The van der Waals surface area contributed by atoms with E-state index in [-0.39, 0.29) is 24.6 Å². The minimum Gasteiger partial charge on any atom is -0.441 e. The zero-order chi connectivity index (χ0) is 19.2. The number of ether oxygens (including phenoxy) is 1. The predicted octanol–water partition coefficient (Wildman–Crippen LogP) is 3.98. The number of halogens is 1. The second-order valence-corrected chi connectivity index (χ2v) is 5.80. The van der Waals surface area contributed by atoms with Crippen LogP contribution in [0.1, 0.15) is 19.2 Å². The molecule has 3 rings (SSSR count). The molecule has 0 saturated heterocycles. The summed E-state index contributed by atoms with van der Waals surface area (Å²) in [5.41, 5.74) is 1.33. The van der Waals surface area contributed by atoms with E-state index in [0.29, 0.717) is 28.7 Å². The largest absolute Gasteiger partial charge is 0.441 e. The fourth-order valence-corrected chi connectivity index (χ4v) is 2.37. The van der Waals surface area contributed by atoms with Gasteiger partial charge in [0.25, 0.3) is 0 Å². The van der Waals surface area contributed by atoms with Crippen LogP contribution in [0.15, 0.2) is 59.1 Å². The number of hydrogen-bond acceptors (Lipinski definition) is 5. The fourth-order valence-electron chi connectivity index (χ4n) is 2.37. The number of oxazole rings is 1. The number of benzene rings is 2. The third-order valence-corrected chi connectivity index (χ3v) is 3.63. The quantitative estimate of drug-likeness (QED) is 0.526. The first-order valence-electron chi connectivity index (χ1n) is 8.28. The van der Waals surface area contributed by atoms with Gasteiger partial charge < -0.3 is 14.5 Å². The molecule has 6 nitrogen and oxygen atoms in total. The van der Waals surface area contributed by atoms with Crippen LogP contribution in [0.25, 0.3) is 11.3 Å². The summed E-state index contributed by atoms with van der Waals surface area (Å²) in [6, 6.07) is 12.4. The van der Waals surface area contributed by atoms with Crippen LogP contribution in [-0.2, 0) is 16.0 Å². The van der Waals surface area contributed by atoms with E-state index >= 15 is 0 Å². The number of aryl methyl sites for hydroxylation is 1. The fraction of sp³-hybridized carbons (Fsp3) is 0.150. The average molecular weight is 368 g/mol. The maximum absolute atomic E-state index is 13.0. The van der Waals surface area contributed by atoms with Gasteiger partial charge >= 0.3 is 5.97 Å². The van der Waals surface area contributed by atoms with Crippen LogP contribution in [0.4, 0.5) is 10.1 Å². The number of nitrogens with one attached hydrogen (secondary N) is 1. The molecule has 0 unspecified atom stereocenters. The van der Waals surface area contributed by atoms with Gasteiger partial charge in [-0.15, -0.1) is 0 Å². The van der Waals surface area contributed by atoms with Gasteiger partial charge in [0.2, 0.25) is 5.91 Å². The summed E-state index contributed by atoms with van der Waals surface area (Å²) in [6.07, 6.45) is 1.91. The van der Waals surface area contributed by atoms with Gasteiger partial charge in [-0.25, -0.2) is 9.37 Å². The van der Waals surface area contributed by atoms with Gasteiger partial charge in [0.15, 0.2) is 11.7 Å². The molecule has 0 radical (unpaired) electrons. The van der Waals surface area contributed by atoms with Crippen LogP contribution in [0, 0.1) is 5.82 Å². The highest BCUT2D eigenvalue weighted by Crippen LogP contribution is 2.21. The minimum absolute atomic E-state index is 0.0941. The molecule has 0 saturated carbocycles. The first-order chi connectivity index (χ1) is 13.0. The van der Waals surface area contributed by atoms with Crippen molar-refractivity contribution in [3.8, 4) is 17.1 Å². The van der Waals surface area contributed by atoms with Crippen molar-refractivity contribution in [3.05, 3.63) is 66.4 Å². The molecule has 1 amide bonds. The standard InChI is InChI=1S/C20H17FN2O4/c1-13(24)23-16-6-8-17(9-7-16)26-20(25)11-10-19-22-12-18(27-19)14-2-4-15(21)5-3-14/h2-9,12H,10-11H2,1H3,(H,23,24). The van der Waals surface area contributed by atoms with Crippen LogP contribution in [0.5, 0.6) is 5.75 Å². The Bertz CT molecular complexity index is 933. The van der Waals surface area contributed by atoms with Crippen molar-refractivity contribution in [2.75, 3.05) is 5.32 Å². The lowest BCUT2D eigenvalue weighted by Gasteiger charge is -2.05. The molecule has 138 valence electrons. The van der Waals surface area contributed by atoms with Crippen molar-refractivity contribution in [2.45, 2.75) is 19.8 Å². The molecule has 27 heavy (non-hydrogen) atoms. The van der Waals surface area contributed by atoms with Crippen molar-refractivity contribution >= 4 is 17.6 Å². The van der Waals surface area contributed by atoms with Gasteiger partial charge in [-0.05, 0) is 48.5 Å². The van der Waals surface area contributed by atoms with Crippen LogP contribution >= 0.6 is 0 Å². The molecule has 1 heterocycles. The van der Waals surface area contributed by atoms with Crippen LogP contribution in [0.2, 0.25) is 0 Å². The summed E-state index contributed by atoms with van der Waals surface area (Å²) in [6.45, 7) is 1.41. The van der Waals surface area contributed by atoms with E-state index in [0.717, 1.165) is 0 Å². The molecular formula is C20H17FN2O4. The molecule has 3 aromatic rings. The maximum Gasteiger partial charge on any atom is 0.311 e. The Hall–Kier alpha value is -3.48. The summed E-state index contributed by atoms with van der Waals surface area (Å²) >= 11 is 0. The summed E-state index contributed by atoms with van der Waals surface area (Å²) in [7, 11) is 0. The molecule has 0 fully saturated rings. The van der Waals surface area contributed by atoms with E-state index in [2.05, 4.69) is 10.3 Å². The summed E-state index contributed by atoms with van der Waals surface area (Å²) < 4.78 is 23.8. The van der Waals surface area contributed by atoms with Gasteiger partial charge in [-0.3, -0.25) is 9.59 Å². The highest BCUT2D eigenvalue weighted by atomic mass is 19.1. The lowest BCUT2D eigenvalue weighted by molar-refractivity contribution is -0.134. The highest BCUT2D eigenvalue weighted by molar-refractivity contribution is 5.88. The van der Waals surface area contributed by atoms with E-state index in [1.165, 1.54) is 25.3 Å². The molecule has 2 aromatic carbocycles. The summed E-state index contributed by atoms with van der Waals surface area (Å²) in [5.74, 6) is 0.355. The second-order valence-electron chi connectivity index (χ2n) is 5.80. The third kappa shape index (κ3) is 5.24. The van der Waals surface area contributed by atoms with E-state index in [1.54, 1.807) is 36.4 Å². The maximum atomic E-state index is 13.0. The topological polar surface area (TPSA) is 81.4 Å². The Morgan fingerprint density at radius 3 is 2.48 bits per heavy atom. The van der Waals surface area contributed by atoms with Gasteiger partial charge in [-0.1, -0.05) is 0 Å². The van der Waals surface area contributed by atoms with E-state index in [1.807, 2.05) is 0 Å². The smallest absolute Gasteiger partial charge is 0.311 e. The summed E-state index contributed by atoms with van der Waals surface area (Å²) in [4.78, 5) is 27.1. The Balaban J connectivity index is 1.52.